The standard InChI is InChI=1S/C17H16O3/c1-19-13-6-3-11(4-7-13)15-9-12-5-8-14(20-2)10-16(12)17(15)18/h3-8,10,15H,9H2,1-2H3. The number of hydrogen-bond acceptors (Lipinski definition) is 3. The molecule has 2 aromatic rings. The van der Waals surface area contributed by atoms with Crippen LogP contribution in [0.4, 0.5) is 0 Å². The van der Waals surface area contributed by atoms with Crippen molar-refractivity contribution < 1.29 is 14.3 Å². The van der Waals surface area contributed by atoms with Gasteiger partial charge < -0.3 is 9.47 Å². The highest BCUT2D eigenvalue weighted by atomic mass is 16.5. The van der Waals surface area contributed by atoms with E-state index < -0.39 is 0 Å². The number of Topliss-reactive ketones (excluding diaryl/α,β-unsaturated/α-hetero) is 1. The lowest BCUT2D eigenvalue weighted by atomic mass is 9.95. The van der Waals surface area contributed by atoms with Gasteiger partial charge in [-0.3, -0.25) is 4.79 Å². The van der Waals surface area contributed by atoms with Gasteiger partial charge in [-0.15, -0.1) is 0 Å². The maximum atomic E-state index is 12.5. The molecule has 0 spiro atoms. The van der Waals surface area contributed by atoms with E-state index in [1.807, 2.05) is 42.5 Å². The van der Waals surface area contributed by atoms with Gasteiger partial charge in [0.2, 0.25) is 0 Å². The molecule has 102 valence electrons. The Bertz CT molecular complexity index is 644. The van der Waals surface area contributed by atoms with Crippen LogP contribution in [-0.2, 0) is 6.42 Å². The quantitative estimate of drug-likeness (QED) is 0.857. The van der Waals surface area contributed by atoms with E-state index in [2.05, 4.69) is 0 Å². The summed E-state index contributed by atoms with van der Waals surface area (Å²) >= 11 is 0. The van der Waals surface area contributed by atoms with Crippen LogP contribution in [0.5, 0.6) is 11.5 Å². The van der Waals surface area contributed by atoms with Crippen LogP contribution in [0.25, 0.3) is 0 Å². The normalized spacial score (nSPS) is 16.9. The third-order valence-corrected chi connectivity index (χ3v) is 3.84. The van der Waals surface area contributed by atoms with Crippen molar-refractivity contribution in [1.82, 2.24) is 0 Å². The average molecular weight is 268 g/mol. The molecule has 1 atom stereocenters. The lowest BCUT2D eigenvalue weighted by Crippen LogP contribution is -2.06. The van der Waals surface area contributed by atoms with Crippen molar-refractivity contribution in [3.63, 3.8) is 0 Å². The number of hydrogen-bond donors (Lipinski definition) is 0. The number of methoxy groups -OCH3 is 2. The van der Waals surface area contributed by atoms with Gasteiger partial charge in [0, 0.05) is 5.56 Å². The third kappa shape index (κ3) is 2.05. The van der Waals surface area contributed by atoms with Crippen molar-refractivity contribution in [3.8, 4) is 11.5 Å². The fourth-order valence-corrected chi connectivity index (χ4v) is 2.70. The first-order valence-electron chi connectivity index (χ1n) is 6.58. The molecule has 0 N–H and O–H groups in total. The Labute approximate surface area is 118 Å². The molecule has 0 bridgehead atoms. The molecule has 0 saturated heterocycles. The Morgan fingerprint density at radius 1 is 0.950 bits per heavy atom. The molecular formula is C17H16O3. The third-order valence-electron chi connectivity index (χ3n) is 3.84. The van der Waals surface area contributed by atoms with Crippen LogP contribution in [0.1, 0.15) is 27.4 Å². The van der Waals surface area contributed by atoms with Crippen molar-refractivity contribution in [2.45, 2.75) is 12.3 Å². The molecule has 0 radical (unpaired) electrons. The predicted molar refractivity (Wildman–Crippen MR) is 76.8 cm³/mol. The molecule has 0 amide bonds. The largest absolute Gasteiger partial charge is 0.497 e. The smallest absolute Gasteiger partial charge is 0.171 e. The van der Waals surface area contributed by atoms with Crippen molar-refractivity contribution in [3.05, 3.63) is 59.2 Å². The minimum absolute atomic E-state index is 0.0944. The Morgan fingerprint density at radius 2 is 1.60 bits per heavy atom. The Kier molecular flexibility index (Phi) is 3.18. The Morgan fingerprint density at radius 3 is 2.25 bits per heavy atom. The van der Waals surface area contributed by atoms with E-state index in [4.69, 9.17) is 9.47 Å². The highest BCUT2D eigenvalue weighted by Gasteiger charge is 2.31. The zero-order valence-electron chi connectivity index (χ0n) is 11.6. The van der Waals surface area contributed by atoms with E-state index >= 15 is 0 Å². The van der Waals surface area contributed by atoms with Crippen LogP contribution in [0.2, 0.25) is 0 Å². The van der Waals surface area contributed by atoms with Gasteiger partial charge in [-0.25, -0.2) is 0 Å². The number of fused-ring (bicyclic) bond motifs is 1. The second kappa shape index (κ2) is 5.00. The SMILES string of the molecule is COc1ccc(C2Cc3ccc(OC)cc3C2=O)cc1. The molecule has 2 aromatic carbocycles. The van der Waals surface area contributed by atoms with Crippen LogP contribution in [0.15, 0.2) is 42.5 Å². The zero-order valence-corrected chi connectivity index (χ0v) is 11.6. The molecule has 3 nitrogen and oxygen atoms in total. The van der Waals surface area contributed by atoms with Gasteiger partial charge in [0.25, 0.3) is 0 Å². The Hall–Kier alpha value is -2.29. The lowest BCUT2D eigenvalue weighted by Gasteiger charge is -2.09. The fraction of sp³-hybridized carbons (Fsp3) is 0.235. The molecule has 0 fully saturated rings. The highest BCUT2D eigenvalue weighted by Crippen LogP contribution is 2.36. The van der Waals surface area contributed by atoms with Gasteiger partial charge in [0.15, 0.2) is 5.78 Å². The summed E-state index contributed by atoms with van der Waals surface area (Å²) in [6, 6.07) is 13.4. The lowest BCUT2D eigenvalue weighted by molar-refractivity contribution is 0.0972. The highest BCUT2D eigenvalue weighted by molar-refractivity contribution is 6.05. The van der Waals surface area contributed by atoms with Gasteiger partial charge in [0.1, 0.15) is 11.5 Å². The topological polar surface area (TPSA) is 35.5 Å². The van der Waals surface area contributed by atoms with Gasteiger partial charge in [-0.1, -0.05) is 18.2 Å². The van der Waals surface area contributed by atoms with E-state index in [1.54, 1.807) is 14.2 Å². The van der Waals surface area contributed by atoms with Crippen molar-refractivity contribution in [1.29, 1.82) is 0 Å². The first kappa shape index (κ1) is 12.7. The van der Waals surface area contributed by atoms with Crippen LogP contribution in [0.3, 0.4) is 0 Å². The number of ketones is 1. The first-order valence-corrected chi connectivity index (χ1v) is 6.58. The zero-order chi connectivity index (χ0) is 14.1. The fourth-order valence-electron chi connectivity index (χ4n) is 2.70. The molecule has 0 aromatic heterocycles. The monoisotopic (exact) mass is 268 g/mol. The van der Waals surface area contributed by atoms with Gasteiger partial charge >= 0.3 is 0 Å². The number of ether oxygens (including phenoxy) is 2. The van der Waals surface area contributed by atoms with E-state index in [-0.39, 0.29) is 11.7 Å². The molecule has 0 heterocycles. The molecule has 0 saturated carbocycles. The summed E-state index contributed by atoms with van der Waals surface area (Å²) < 4.78 is 10.3. The summed E-state index contributed by atoms with van der Waals surface area (Å²) in [6.45, 7) is 0. The molecule has 0 aliphatic heterocycles. The number of carbonyl (C=O) groups excluding carboxylic acids is 1. The summed E-state index contributed by atoms with van der Waals surface area (Å²) in [5, 5.41) is 0. The van der Waals surface area contributed by atoms with E-state index in [0.29, 0.717) is 0 Å². The number of carbonyl (C=O) groups is 1. The van der Waals surface area contributed by atoms with Crippen molar-refractivity contribution in [2.24, 2.45) is 0 Å². The van der Waals surface area contributed by atoms with E-state index in [0.717, 1.165) is 34.6 Å². The summed E-state index contributed by atoms with van der Waals surface area (Å²) in [7, 11) is 3.25. The van der Waals surface area contributed by atoms with Crippen LogP contribution < -0.4 is 9.47 Å². The molecule has 3 heteroatoms. The second-order valence-corrected chi connectivity index (χ2v) is 4.92. The summed E-state index contributed by atoms with van der Waals surface area (Å²) in [4.78, 5) is 12.5. The summed E-state index contributed by atoms with van der Waals surface area (Å²) in [6.07, 6.45) is 0.754. The maximum Gasteiger partial charge on any atom is 0.171 e. The number of benzene rings is 2. The number of rotatable bonds is 3. The molecule has 1 unspecified atom stereocenters. The molecular weight excluding hydrogens is 252 g/mol. The van der Waals surface area contributed by atoms with E-state index in [9.17, 15) is 4.79 Å². The summed E-state index contributed by atoms with van der Waals surface area (Å²) in [5.74, 6) is 1.61. The van der Waals surface area contributed by atoms with Crippen LogP contribution >= 0.6 is 0 Å². The molecule has 20 heavy (non-hydrogen) atoms. The minimum Gasteiger partial charge on any atom is -0.497 e. The molecule has 1 aliphatic rings. The van der Waals surface area contributed by atoms with Crippen LogP contribution in [-0.4, -0.2) is 20.0 Å². The summed E-state index contributed by atoms with van der Waals surface area (Å²) in [5.41, 5.74) is 2.91. The van der Waals surface area contributed by atoms with Crippen LogP contribution in [0, 0.1) is 0 Å². The minimum atomic E-state index is -0.0944. The molecule has 3 rings (SSSR count). The Balaban J connectivity index is 1.92. The maximum absolute atomic E-state index is 12.5. The second-order valence-electron chi connectivity index (χ2n) is 4.92. The van der Waals surface area contributed by atoms with Crippen molar-refractivity contribution in [2.75, 3.05) is 14.2 Å². The average Bonchev–Trinajstić information content (AvgIpc) is 2.84. The van der Waals surface area contributed by atoms with E-state index in [1.165, 1.54) is 0 Å². The first-order chi connectivity index (χ1) is 9.72. The van der Waals surface area contributed by atoms with Gasteiger partial charge in [-0.05, 0) is 41.8 Å². The van der Waals surface area contributed by atoms with Gasteiger partial charge in [0.05, 0.1) is 20.1 Å². The van der Waals surface area contributed by atoms with Crippen molar-refractivity contribution >= 4 is 5.78 Å². The predicted octanol–water partition coefficient (Wildman–Crippen LogP) is 3.23. The van der Waals surface area contributed by atoms with Gasteiger partial charge in [-0.2, -0.15) is 0 Å². The molecule has 1 aliphatic carbocycles.